The monoisotopic (exact) mass is 268 g/mol. The molecule has 0 spiro atoms. The molecule has 0 aliphatic heterocycles. The van der Waals surface area contributed by atoms with E-state index in [2.05, 4.69) is 25.2 Å². The van der Waals surface area contributed by atoms with Gasteiger partial charge in [-0.15, -0.1) is 0 Å². The van der Waals surface area contributed by atoms with Crippen LogP contribution in [0.15, 0.2) is 18.2 Å². The molecule has 17 heavy (non-hydrogen) atoms. The van der Waals surface area contributed by atoms with Crippen molar-refractivity contribution in [3.8, 4) is 6.07 Å². The fourth-order valence-electron chi connectivity index (χ4n) is 1.46. The van der Waals surface area contributed by atoms with E-state index in [0.29, 0.717) is 16.6 Å². The molecule has 0 saturated heterocycles. The lowest BCUT2D eigenvalue weighted by Gasteiger charge is -2.15. The van der Waals surface area contributed by atoms with Gasteiger partial charge in [0.25, 0.3) is 0 Å². The largest absolute Gasteiger partial charge is 0.383 e. The van der Waals surface area contributed by atoms with E-state index in [1.165, 1.54) is 0 Å². The van der Waals surface area contributed by atoms with E-state index in [9.17, 15) is 0 Å². The fourth-order valence-corrected chi connectivity index (χ4v) is 2.49. The average Bonchev–Trinajstić information content (AvgIpc) is 2.29. The molecule has 92 valence electrons. The highest BCUT2D eigenvalue weighted by Gasteiger charge is 2.04. The topological polar surface area (TPSA) is 35.8 Å². The summed E-state index contributed by atoms with van der Waals surface area (Å²) in [5.74, 6) is 2.32. The zero-order valence-corrected chi connectivity index (χ0v) is 11.7. The highest BCUT2D eigenvalue weighted by molar-refractivity contribution is 7.99. The number of nitrogens with one attached hydrogen (secondary N) is 1. The first-order valence-corrected chi connectivity index (χ1v) is 7.24. The SMILES string of the molecule is CCSCCC(C)Nc1ccc(C#N)c(Cl)c1. The van der Waals surface area contributed by atoms with Crippen LogP contribution in [0.5, 0.6) is 0 Å². The first kappa shape index (κ1) is 14.2. The number of hydrogen-bond acceptors (Lipinski definition) is 3. The van der Waals surface area contributed by atoms with Gasteiger partial charge in [0.05, 0.1) is 10.6 Å². The zero-order chi connectivity index (χ0) is 12.7. The molecule has 0 fully saturated rings. The van der Waals surface area contributed by atoms with Crippen LogP contribution < -0.4 is 5.32 Å². The van der Waals surface area contributed by atoms with Crippen LogP contribution in [-0.2, 0) is 0 Å². The average molecular weight is 269 g/mol. The molecular weight excluding hydrogens is 252 g/mol. The zero-order valence-electron chi connectivity index (χ0n) is 10.2. The molecule has 0 heterocycles. The summed E-state index contributed by atoms with van der Waals surface area (Å²) in [7, 11) is 0. The third kappa shape index (κ3) is 4.89. The van der Waals surface area contributed by atoms with E-state index < -0.39 is 0 Å². The number of rotatable bonds is 6. The van der Waals surface area contributed by atoms with Gasteiger partial charge in [0, 0.05) is 11.7 Å². The molecular formula is C13H17ClN2S. The molecule has 1 aromatic carbocycles. The number of halogens is 1. The van der Waals surface area contributed by atoms with Crippen LogP contribution in [0.3, 0.4) is 0 Å². The Morgan fingerprint density at radius 3 is 2.88 bits per heavy atom. The summed E-state index contributed by atoms with van der Waals surface area (Å²) in [6, 6.07) is 7.92. The van der Waals surface area contributed by atoms with Crippen LogP contribution in [0, 0.1) is 11.3 Å². The summed E-state index contributed by atoms with van der Waals surface area (Å²) in [6.45, 7) is 4.32. The second kappa shape index (κ2) is 7.47. The van der Waals surface area contributed by atoms with Gasteiger partial charge in [0.15, 0.2) is 0 Å². The van der Waals surface area contributed by atoms with Crippen LogP contribution in [0.4, 0.5) is 5.69 Å². The van der Waals surface area contributed by atoms with Gasteiger partial charge in [-0.2, -0.15) is 17.0 Å². The minimum absolute atomic E-state index is 0.415. The Balaban J connectivity index is 2.51. The third-order valence-corrected chi connectivity index (χ3v) is 3.65. The quantitative estimate of drug-likeness (QED) is 0.787. The van der Waals surface area contributed by atoms with Crippen LogP contribution in [0.25, 0.3) is 0 Å². The molecule has 1 rings (SSSR count). The Bertz CT molecular complexity index is 401. The van der Waals surface area contributed by atoms with Crippen molar-refractivity contribution in [3.63, 3.8) is 0 Å². The number of hydrogen-bond donors (Lipinski definition) is 1. The first-order chi connectivity index (χ1) is 8.17. The van der Waals surface area contributed by atoms with Gasteiger partial charge in [0.2, 0.25) is 0 Å². The highest BCUT2D eigenvalue weighted by Crippen LogP contribution is 2.21. The van der Waals surface area contributed by atoms with E-state index >= 15 is 0 Å². The fraction of sp³-hybridized carbons (Fsp3) is 0.462. The van der Waals surface area contributed by atoms with E-state index in [-0.39, 0.29) is 0 Å². The highest BCUT2D eigenvalue weighted by atomic mass is 35.5. The number of thioether (sulfide) groups is 1. The molecule has 0 aliphatic carbocycles. The standard InChI is InChI=1S/C13H17ClN2S/c1-3-17-7-6-10(2)16-12-5-4-11(9-15)13(14)8-12/h4-5,8,10,16H,3,6-7H2,1-2H3. The Kier molecular flexibility index (Phi) is 6.25. The summed E-state index contributed by atoms with van der Waals surface area (Å²) in [5, 5.41) is 12.7. The summed E-state index contributed by atoms with van der Waals surface area (Å²) in [6.07, 6.45) is 1.12. The van der Waals surface area contributed by atoms with Gasteiger partial charge in [-0.25, -0.2) is 0 Å². The molecule has 0 saturated carbocycles. The van der Waals surface area contributed by atoms with Crippen molar-refractivity contribution in [1.29, 1.82) is 5.26 Å². The van der Waals surface area contributed by atoms with Gasteiger partial charge < -0.3 is 5.32 Å². The van der Waals surface area contributed by atoms with Crippen molar-refractivity contribution in [2.75, 3.05) is 16.8 Å². The maximum atomic E-state index is 8.78. The van der Waals surface area contributed by atoms with E-state index in [1.807, 2.05) is 23.9 Å². The van der Waals surface area contributed by atoms with E-state index in [4.69, 9.17) is 16.9 Å². The van der Waals surface area contributed by atoms with Crippen molar-refractivity contribution in [3.05, 3.63) is 28.8 Å². The van der Waals surface area contributed by atoms with Crippen LogP contribution in [0.1, 0.15) is 25.8 Å². The summed E-state index contributed by atoms with van der Waals surface area (Å²) < 4.78 is 0. The molecule has 0 aliphatic rings. The number of benzene rings is 1. The number of nitrogens with zero attached hydrogens (tertiary/aromatic N) is 1. The Morgan fingerprint density at radius 2 is 2.29 bits per heavy atom. The van der Waals surface area contributed by atoms with Crippen molar-refractivity contribution < 1.29 is 0 Å². The molecule has 1 N–H and O–H groups in total. The summed E-state index contributed by atoms with van der Waals surface area (Å²) in [4.78, 5) is 0. The van der Waals surface area contributed by atoms with Gasteiger partial charge in [-0.05, 0) is 43.0 Å². The summed E-state index contributed by atoms with van der Waals surface area (Å²) in [5.41, 5.74) is 1.49. The molecule has 2 nitrogen and oxygen atoms in total. The van der Waals surface area contributed by atoms with Crippen molar-refractivity contribution in [1.82, 2.24) is 0 Å². The lowest BCUT2D eigenvalue weighted by molar-refractivity contribution is 0.772. The second-order valence-electron chi connectivity index (χ2n) is 3.84. The van der Waals surface area contributed by atoms with Crippen LogP contribution >= 0.6 is 23.4 Å². The molecule has 0 amide bonds. The van der Waals surface area contributed by atoms with Crippen molar-refractivity contribution in [2.24, 2.45) is 0 Å². The van der Waals surface area contributed by atoms with E-state index in [0.717, 1.165) is 23.6 Å². The molecule has 0 aromatic heterocycles. The minimum atomic E-state index is 0.415. The van der Waals surface area contributed by atoms with Crippen molar-refractivity contribution >= 4 is 29.1 Å². The minimum Gasteiger partial charge on any atom is -0.383 e. The van der Waals surface area contributed by atoms with Gasteiger partial charge in [-0.1, -0.05) is 18.5 Å². The van der Waals surface area contributed by atoms with Crippen LogP contribution in [0.2, 0.25) is 5.02 Å². The van der Waals surface area contributed by atoms with Gasteiger partial charge in [0.1, 0.15) is 6.07 Å². The Hall–Kier alpha value is -0.850. The molecule has 1 unspecified atom stereocenters. The lowest BCUT2D eigenvalue weighted by Crippen LogP contribution is -2.15. The second-order valence-corrected chi connectivity index (χ2v) is 5.64. The molecule has 1 atom stereocenters. The third-order valence-electron chi connectivity index (χ3n) is 2.40. The molecule has 4 heteroatoms. The van der Waals surface area contributed by atoms with Gasteiger partial charge >= 0.3 is 0 Å². The molecule has 1 aromatic rings. The molecule has 0 radical (unpaired) electrons. The Labute approximate surface area is 112 Å². The van der Waals surface area contributed by atoms with Crippen molar-refractivity contribution in [2.45, 2.75) is 26.3 Å². The van der Waals surface area contributed by atoms with Crippen LogP contribution in [-0.4, -0.2) is 17.5 Å². The smallest absolute Gasteiger partial charge is 0.101 e. The first-order valence-electron chi connectivity index (χ1n) is 5.71. The predicted octanol–water partition coefficient (Wildman–Crippen LogP) is 4.16. The predicted molar refractivity (Wildman–Crippen MR) is 76.9 cm³/mol. The maximum absolute atomic E-state index is 8.78. The van der Waals surface area contributed by atoms with E-state index in [1.54, 1.807) is 6.07 Å². The lowest BCUT2D eigenvalue weighted by atomic mass is 10.2. The summed E-state index contributed by atoms with van der Waals surface area (Å²) >= 11 is 7.92. The Morgan fingerprint density at radius 1 is 1.53 bits per heavy atom. The van der Waals surface area contributed by atoms with Gasteiger partial charge in [-0.3, -0.25) is 0 Å². The number of anilines is 1. The number of nitriles is 1. The molecule has 0 bridgehead atoms. The maximum Gasteiger partial charge on any atom is 0.101 e. The normalized spacial score (nSPS) is 11.9.